The molecule has 1 unspecified atom stereocenters. The van der Waals surface area contributed by atoms with Crippen LogP contribution in [0.3, 0.4) is 0 Å². The summed E-state index contributed by atoms with van der Waals surface area (Å²) in [6.07, 6.45) is 2.29. The predicted molar refractivity (Wildman–Crippen MR) is 139 cm³/mol. The van der Waals surface area contributed by atoms with Crippen molar-refractivity contribution in [3.63, 3.8) is 0 Å². The van der Waals surface area contributed by atoms with Gasteiger partial charge in [0.15, 0.2) is 0 Å². The second-order valence-corrected chi connectivity index (χ2v) is 9.22. The van der Waals surface area contributed by atoms with Gasteiger partial charge in [-0.15, -0.1) is 0 Å². The smallest absolute Gasteiger partial charge is 0.300 e. The highest BCUT2D eigenvalue weighted by Crippen LogP contribution is 2.44. The molecule has 8 heteroatoms. The maximum Gasteiger partial charge on any atom is 0.300 e. The maximum atomic E-state index is 13.4. The van der Waals surface area contributed by atoms with Crippen LogP contribution in [0.4, 0.5) is 11.4 Å². The summed E-state index contributed by atoms with van der Waals surface area (Å²) in [6, 6.07) is 17.5. The Balaban J connectivity index is 1.65. The van der Waals surface area contributed by atoms with Gasteiger partial charge in [0.05, 0.1) is 23.7 Å². The fourth-order valence-electron chi connectivity index (χ4n) is 4.83. The zero-order valence-electron chi connectivity index (χ0n) is 19.6. The van der Waals surface area contributed by atoms with E-state index in [1.54, 1.807) is 24.3 Å². The Morgan fingerprint density at radius 1 is 0.944 bits per heavy atom. The number of carbonyl (C=O) groups excluding carboxylic acids is 2. The quantitative estimate of drug-likeness (QED) is 0.279. The van der Waals surface area contributed by atoms with E-state index in [-0.39, 0.29) is 21.9 Å². The van der Waals surface area contributed by atoms with Crippen LogP contribution in [0.25, 0.3) is 5.76 Å². The highest BCUT2D eigenvalue weighted by atomic mass is 35.5. The van der Waals surface area contributed by atoms with E-state index in [1.807, 2.05) is 24.3 Å². The lowest BCUT2D eigenvalue weighted by Crippen LogP contribution is -2.29. The molecule has 2 aliphatic heterocycles. The van der Waals surface area contributed by atoms with Crippen LogP contribution < -0.4 is 14.5 Å². The molecule has 1 atom stereocenters. The van der Waals surface area contributed by atoms with Gasteiger partial charge in [-0.05, 0) is 73.0 Å². The highest BCUT2D eigenvalue weighted by Gasteiger charge is 2.47. The lowest BCUT2D eigenvalue weighted by atomic mass is 9.95. The largest absolute Gasteiger partial charge is 0.508 e. The van der Waals surface area contributed by atoms with Crippen molar-refractivity contribution in [1.29, 1.82) is 0 Å². The number of aliphatic hydroxyl groups excluding tert-OH is 1. The van der Waals surface area contributed by atoms with Crippen LogP contribution in [0.2, 0.25) is 5.02 Å². The number of phenolic OH excluding ortho intramolecular Hbond substituents is 1. The summed E-state index contributed by atoms with van der Waals surface area (Å²) in [5, 5.41) is 21.4. The summed E-state index contributed by atoms with van der Waals surface area (Å²) < 4.78 is 5.25. The van der Waals surface area contributed by atoms with E-state index in [0.29, 0.717) is 17.0 Å². The summed E-state index contributed by atoms with van der Waals surface area (Å²) in [4.78, 5) is 30.4. The number of ketones is 1. The van der Waals surface area contributed by atoms with Gasteiger partial charge in [-0.1, -0.05) is 23.7 Å². The Kier molecular flexibility index (Phi) is 6.33. The van der Waals surface area contributed by atoms with E-state index < -0.39 is 23.5 Å². The Morgan fingerprint density at radius 2 is 1.58 bits per heavy atom. The number of aliphatic hydroxyl groups is 1. The van der Waals surface area contributed by atoms with Gasteiger partial charge in [0.2, 0.25) is 0 Å². The molecule has 0 aromatic heterocycles. The molecule has 2 fully saturated rings. The maximum absolute atomic E-state index is 13.4. The second kappa shape index (κ2) is 9.59. The highest BCUT2D eigenvalue weighted by molar-refractivity contribution is 6.52. The molecule has 3 aromatic rings. The van der Waals surface area contributed by atoms with Crippen molar-refractivity contribution >= 4 is 40.4 Å². The molecule has 184 valence electrons. The first-order chi connectivity index (χ1) is 17.4. The fraction of sp³-hybridized carbons (Fsp3) is 0.214. The first-order valence-electron chi connectivity index (χ1n) is 11.7. The molecule has 2 aliphatic rings. The molecule has 5 rings (SSSR count). The number of ether oxygens (including phenoxy) is 1. The SMILES string of the molecule is COc1ccc(Cl)c(/C(O)=C2\C(=O)C(=O)N(c3ccc(N4CCCC4)cc3)C2c2ccc(O)cc2)c1. The van der Waals surface area contributed by atoms with Gasteiger partial charge < -0.3 is 19.8 Å². The predicted octanol–water partition coefficient (Wildman–Crippen LogP) is 5.28. The minimum Gasteiger partial charge on any atom is -0.508 e. The van der Waals surface area contributed by atoms with Gasteiger partial charge in [-0.3, -0.25) is 14.5 Å². The summed E-state index contributed by atoms with van der Waals surface area (Å²) in [6.45, 7) is 1.97. The molecule has 0 bridgehead atoms. The van der Waals surface area contributed by atoms with E-state index in [0.717, 1.165) is 31.6 Å². The number of Topliss-reactive ketones (excluding diaryl/α,β-unsaturated/α-hetero) is 1. The Labute approximate surface area is 213 Å². The van der Waals surface area contributed by atoms with Crippen LogP contribution in [0.1, 0.15) is 30.0 Å². The lowest BCUT2D eigenvalue weighted by Gasteiger charge is -2.26. The van der Waals surface area contributed by atoms with Crippen molar-refractivity contribution in [2.75, 3.05) is 30.0 Å². The van der Waals surface area contributed by atoms with Crippen LogP contribution >= 0.6 is 11.6 Å². The lowest BCUT2D eigenvalue weighted by molar-refractivity contribution is -0.132. The van der Waals surface area contributed by atoms with Crippen molar-refractivity contribution in [2.45, 2.75) is 18.9 Å². The van der Waals surface area contributed by atoms with E-state index in [4.69, 9.17) is 16.3 Å². The fourth-order valence-corrected chi connectivity index (χ4v) is 5.04. The third-order valence-corrected chi connectivity index (χ3v) is 7.01. The number of rotatable bonds is 5. The first kappa shape index (κ1) is 23.8. The van der Waals surface area contributed by atoms with Gasteiger partial charge in [0, 0.05) is 30.0 Å². The summed E-state index contributed by atoms with van der Waals surface area (Å²) in [5.74, 6) is -1.50. The number of carbonyl (C=O) groups is 2. The average Bonchev–Trinajstić information content (AvgIpc) is 3.52. The van der Waals surface area contributed by atoms with Gasteiger partial charge in [-0.25, -0.2) is 0 Å². The third kappa shape index (κ3) is 4.16. The number of phenols is 1. The number of aromatic hydroxyl groups is 1. The Morgan fingerprint density at radius 3 is 2.22 bits per heavy atom. The van der Waals surface area contributed by atoms with Crippen molar-refractivity contribution in [3.8, 4) is 11.5 Å². The van der Waals surface area contributed by atoms with Crippen LogP contribution in [-0.4, -0.2) is 42.1 Å². The molecule has 0 spiro atoms. The molecule has 36 heavy (non-hydrogen) atoms. The Bertz CT molecular complexity index is 1350. The number of halogens is 1. The number of hydrogen-bond acceptors (Lipinski definition) is 6. The molecule has 0 aliphatic carbocycles. The van der Waals surface area contributed by atoms with Crippen LogP contribution in [0.15, 0.2) is 72.3 Å². The van der Waals surface area contributed by atoms with E-state index in [1.165, 1.54) is 30.2 Å². The summed E-state index contributed by atoms with van der Waals surface area (Å²) >= 11 is 6.36. The zero-order chi connectivity index (χ0) is 25.4. The minimum absolute atomic E-state index is 0.0431. The summed E-state index contributed by atoms with van der Waals surface area (Å²) in [7, 11) is 1.48. The normalized spacial score (nSPS) is 19.2. The van der Waals surface area contributed by atoms with Gasteiger partial charge in [0.1, 0.15) is 17.3 Å². The van der Waals surface area contributed by atoms with E-state index in [2.05, 4.69) is 4.90 Å². The van der Waals surface area contributed by atoms with Crippen LogP contribution in [0, 0.1) is 0 Å². The van der Waals surface area contributed by atoms with Crippen LogP contribution in [0.5, 0.6) is 11.5 Å². The molecule has 0 radical (unpaired) electrons. The number of anilines is 2. The third-order valence-electron chi connectivity index (χ3n) is 6.68. The number of nitrogens with zero attached hydrogens (tertiary/aromatic N) is 2. The van der Waals surface area contributed by atoms with Crippen molar-refractivity contribution in [1.82, 2.24) is 0 Å². The van der Waals surface area contributed by atoms with Crippen molar-refractivity contribution in [3.05, 3.63) is 88.5 Å². The number of methoxy groups -OCH3 is 1. The molecule has 3 aromatic carbocycles. The van der Waals surface area contributed by atoms with Gasteiger partial charge in [-0.2, -0.15) is 0 Å². The van der Waals surface area contributed by atoms with Crippen LogP contribution in [-0.2, 0) is 9.59 Å². The van der Waals surface area contributed by atoms with Gasteiger partial charge in [0.25, 0.3) is 11.7 Å². The standard InChI is InChI=1S/C28H25ClN2O5/c1-36-21-12-13-23(29)22(16-21)26(33)24-25(17-4-10-20(32)11-5-17)31(28(35)27(24)34)19-8-6-18(7-9-19)30-14-2-3-15-30/h4-13,16,25,32-33H,2-3,14-15H2,1H3/b26-24+. The molecule has 2 saturated heterocycles. The molecule has 7 nitrogen and oxygen atoms in total. The minimum atomic E-state index is -0.925. The molecular weight excluding hydrogens is 480 g/mol. The van der Waals surface area contributed by atoms with Crippen molar-refractivity contribution in [2.24, 2.45) is 0 Å². The first-order valence-corrected chi connectivity index (χ1v) is 12.1. The second-order valence-electron chi connectivity index (χ2n) is 8.82. The molecule has 1 amide bonds. The molecule has 0 saturated carbocycles. The van der Waals surface area contributed by atoms with Crippen molar-refractivity contribution < 1.29 is 24.5 Å². The monoisotopic (exact) mass is 504 g/mol. The molecule has 2 N–H and O–H groups in total. The molecular formula is C28H25ClN2O5. The van der Waals surface area contributed by atoms with E-state index >= 15 is 0 Å². The Hall–Kier alpha value is -3.97. The number of hydrogen-bond donors (Lipinski definition) is 2. The number of amides is 1. The topological polar surface area (TPSA) is 90.3 Å². The summed E-state index contributed by atoms with van der Waals surface area (Å²) in [5.41, 5.74) is 2.22. The zero-order valence-corrected chi connectivity index (χ0v) is 20.4. The van der Waals surface area contributed by atoms with E-state index in [9.17, 15) is 19.8 Å². The average molecular weight is 505 g/mol. The molecule has 2 heterocycles. The number of benzene rings is 3. The van der Waals surface area contributed by atoms with Gasteiger partial charge >= 0.3 is 0 Å².